The molecular weight excluding hydrogens is 289 g/mol. The summed E-state index contributed by atoms with van der Waals surface area (Å²) >= 11 is 0. The number of carbonyl (C=O) groups excluding carboxylic acids is 1. The van der Waals surface area contributed by atoms with Gasteiger partial charge in [-0.05, 0) is 18.6 Å². The fraction of sp³-hybridized carbons (Fsp3) is 0.200. The summed E-state index contributed by atoms with van der Waals surface area (Å²) in [4.78, 5) is 11.9. The Bertz CT molecular complexity index is 790. The van der Waals surface area contributed by atoms with Gasteiger partial charge in [-0.15, -0.1) is 0 Å². The van der Waals surface area contributed by atoms with Crippen LogP contribution in [0, 0.1) is 24.1 Å². The van der Waals surface area contributed by atoms with Crippen LogP contribution in [0.5, 0.6) is 5.75 Å². The first-order chi connectivity index (χ1) is 10.4. The summed E-state index contributed by atoms with van der Waals surface area (Å²) in [5, 5.41) is 9.06. The van der Waals surface area contributed by atoms with Gasteiger partial charge in [0.25, 0.3) is 0 Å². The third-order valence-electron chi connectivity index (χ3n) is 3.27. The third-order valence-corrected chi connectivity index (χ3v) is 3.27. The number of aryl methyl sites for hydroxylation is 1. The van der Waals surface area contributed by atoms with Gasteiger partial charge in [0.15, 0.2) is 5.69 Å². The number of hydrogen-bond donors (Lipinski definition) is 1. The van der Waals surface area contributed by atoms with E-state index in [4.69, 9.17) is 15.7 Å². The zero-order valence-electron chi connectivity index (χ0n) is 12.3. The van der Waals surface area contributed by atoms with Gasteiger partial charge >= 0.3 is 5.97 Å². The van der Waals surface area contributed by atoms with E-state index in [0.717, 1.165) is 0 Å². The Morgan fingerprint density at radius 2 is 2.09 bits per heavy atom. The summed E-state index contributed by atoms with van der Waals surface area (Å²) in [6, 6.07) is 4.56. The van der Waals surface area contributed by atoms with Crippen LogP contribution in [-0.4, -0.2) is 24.8 Å². The molecule has 1 aromatic carbocycles. The fourth-order valence-electron chi connectivity index (χ4n) is 2.15. The minimum atomic E-state index is -0.766. The highest BCUT2D eigenvalue weighted by molar-refractivity contribution is 5.96. The number of anilines is 1. The van der Waals surface area contributed by atoms with Gasteiger partial charge in [0.2, 0.25) is 0 Å². The van der Waals surface area contributed by atoms with E-state index in [2.05, 4.69) is 4.74 Å². The lowest BCUT2D eigenvalue weighted by atomic mass is 10.2. The van der Waals surface area contributed by atoms with Crippen LogP contribution < -0.4 is 10.5 Å². The molecule has 2 rings (SSSR count). The predicted molar refractivity (Wildman–Crippen MR) is 77.5 cm³/mol. The van der Waals surface area contributed by atoms with E-state index in [-0.39, 0.29) is 22.6 Å². The zero-order chi connectivity index (χ0) is 16.4. The number of esters is 1. The smallest absolute Gasteiger partial charge is 0.357 e. The van der Waals surface area contributed by atoms with E-state index < -0.39 is 11.8 Å². The van der Waals surface area contributed by atoms with Crippen molar-refractivity contribution in [2.24, 2.45) is 0 Å². The molecule has 2 N–H and O–H groups in total. The van der Waals surface area contributed by atoms with Crippen LogP contribution in [0.15, 0.2) is 18.3 Å². The molecule has 0 amide bonds. The van der Waals surface area contributed by atoms with Crippen LogP contribution in [0.4, 0.5) is 10.1 Å². The number of rotatable bonds is 3. The summed E-state index contributed by atoms with van der Waals surface area (Å²) in [6.45, 7) is 1.69. The number of carbonyl (C=O) groups is 1. The molecule has 0 aliphatic heterocycles. The Balaban J connectivity index is 2.78. The molecule has 0 bridgehead atoms. The number of halogens is 1. The van der Waals surface area contributed by atoms with E-state index in [1.807, 2.05) is 6.07 Å². The van der Waals surface area contributed by atoms with Crippen molar-refractivity contribution in [3.8, 4) is 17.5 Å². The quantitative estimate of drug-likeness (QED) is 0.878. The summed E-state index contributed by atoms with van der Waals surface area (Å²) in [5.41, 5.74) is 6.31. The van der Waals surface area contributed by atoms with Gasteiger partial charge in [0.05, 0.1) is 31.2 Å². The van der Waals surface area contributed by atoms with E-state index in [1.54, 1.807) is 6.92 Å². The van der Waals surface area contributed by atoms with Crippen molar-refractivity contribution in [3.05, 3.63) is 41.0 Å². The average molecular weight is 303 g/mol. The Morgan fingerprint density at radius 3 is 2.64 bits per heavy atom. The molecule has 0 saturated heterocycles. The van der Waals surface area contributed by atoms with Crippen molar-refractivity contribution in [1.29, 1.82) is 5.26 Å². The molecule has 0 aliphatic rings. The van der Waals surface area contributed by atoms with Crippen LogP contribution in [0.3, 0.4) is 0 Å². The van der Waals surface area contributed by atoms with E-state index >= 15 is 0 Å². The highest BCUT2D eigenvalue weighted by atomic mass is 19.1. The number of benzene rings is 1. The minimum Gasteiger partial charge on any atom is -0.496 e. The Kier molecular flexibility index (Phi) is 4.04. The van der Waals surface area contributed by atoms with Crippen LogP contribution in [0.2, 0.25) is 0 Å². The third kappa shape index (κ3) is 2.35. The highest BCUT2D eigenvalue weighted by Gasteiger charge is 2.23. The van der Waals surface area contributed by atoms with Gasteiger partial charge in [-0.2, -0.15) is 5.26 Å². The van der Waals surface area contributed by atoms with Gasteiger partial charge in [0, 0.05) is 12.3 Å². The lowest BCUT2D eigenvalue weighted by molar-refractivity contribution is 0.0593. The molecule has 0 unspecified atom stereocenters. The number of hydrogen-bond acceptors (Lipinski definition) is 5. The molecule has 0 spiro atoms. The molecule has 0 fully saturated rings. The second kappa shape index (κ2) is 5.77. The highest BCUT2D eigenvalue weighted by Crippen LogP contribution is 2.30. The first-order valence-electron chi connectivity index (χ1n) is 6.28. The second-order valence-electron chi connectivity index (χ2n) is 4.55. The fourth-order valence-corrected chi connectivity index (χ4v) is 2.15. The average Bonchev–Trinajstić information content (AvgIpc) is 2.83. The van der Waals surface area contributed by atoms with Crippen molar-refractivity contribution >= 4 is 11.7 Å². The van der Waals surface area contributed by atoms with Crippen molar-refractivity contribution < 1.29 is 18.7 Å². The molecule has 0 aliphatic carbocycles. The Labute approximate surface area is 126 Å². The van der Waals surface area contributed by atoms with Crippen molar-refractivity contribution in [2.45, 2.75) is 6.92 Å². The molecule has 22 heavy (non-hydrogen) atoms. The van der Waals surface area contributed by atoms with Gasteiger partial charge in [-0.3, -0.25) is 0 Å². The molecule has 1 aromatic heterocycles. The van der Waals surface area contributed by atoms with Crippen molar-refractivity contribution in [3.63, 3.8) is 0 Å². The molecule has 1 heterocycles. The van der Waals surface area contributed by atoms with Crippen LogP contribution in [0.1, 0.15) is 21.6 Å². The molecule has 114 valence electrons. The zero-order valence-corrected chi connectivity index (χ0v) is 12.3. The maximum atomic E-state index is 14.3. The standard InChI is InChI=1S/C15H14FN3O3/c1-8-4-10(16)11(5-12(8)21-2)19-7-9(6-17)13(18)14(19)15(20)22-3/h4-5,7H,18H2,1-3H3. The summed E-state index contributed by atoms with van der Waals surface area (Å²) in [6.07, 6.45) is 1.29. The number of nitrogens with zero attached hydrogens (tertiary/aromatic N) is 2. The van der Waals surface area contributed by atoms with E-state index in [0.29, 0.717) is 11.3 Å². The number of methoxy groups -OCH3 is 2. The maximum absolute atomic E-state index is 14.3. The van der Waals surface area contributed by atoms with E-state index in [1.165, 1.54) is 37.1 Å². The molecule has 0 radical (unpaired) electrons. The molecule has 2 aromatic rings. The summed E-state index contributed by atoms with van der Waals surface area (Å²) < 4.78 is 25.3. The van der Waals surface area contributed by atoms with Crippen molar-refractivity contribution in [1.82, 2.24) is 4.57 Å². The topological polar surface area (TPSA) is 90.3 Å². The molecule has 7 heteroatoms. The maximum Gasteiger partial charge on any atom is 0.357 e. The van der Waals surface area contributed by atoms with Crippen LogP contribution >= 0.6 is 0 Å². The Hall–Kier alpha value is -3.01. The molecule has 0 atom stereocenters. The Morgan fingerprint density at radius 1 is 1.41 bits per heavy atom. The van der Waals surface area contributed by atoms with Gasteiger partial charge in [0.1, 0.15) is 17.6 Å². The van der Waals surface area contributed by atoms with Gasteiger partial charge in [-0.1, -0.05) is 0 Å². The minimum absolute atomic E-state index is 0.0380. The summed E-state index contributed by atoms with van der Waals surface area (Å²) in [7, 11) is 2.63. The molecular formula is C15H14FN3O3. The lowest BCUT2D eigenvalue weighted by Crippen LogP contribution is -2.12. The van der Waals surface area contributed by atoms with Gasteiger partial charge in [-0.25, -0.2) is 9.18 Å². The number of nitriles is 1. The largest absolute Gasteiger partial charge is 0.496 e. The van der Waals surface area contributed by atoms with Crippen molar-refractivity contribution in [2.75, 3.05) is 20.0 Å². The number of nitrogens with two attached hydrogens (primary N) is 1. The van der Waals surface area contributed by atoms with Gasteiger partial charge < -0.3 is 19.8 Å². The lowest BCUT2D eigenvalue weighted by Gasteiger charge is -2.12. The molecule has 0 saturated carbocycles. The first-order valence-corrected chi connectivity index (χ1v) is 6.28. The van der Waals surface area contributed by atoms with Crippen LogP contribution in [0.25, 0.3) is 5.69 Å². The SMILES string of the molecule is COC(=O)c1c(N)c(C#N)cn1-c1cc(OC)c(C)cc1F. The van der Waals surface area contributed by atoms with Crippen LogP contribution in [-0.2, 0) is 4.74 Å². The number of aromatic nitrogens is 1. The summed E-state index contributed by atoms with van der Waals surface area (Å²) in [5.74, 6) is -0.904. The monoisotopic (exact) mass is 303 g/mol. The second-order valence-corrected chi connectivity index (χ2v) is 4.55. The first kappa shape index (κ1) is 15.4. The normalized spacial score (nSPS) is 10.1. The number of ether oxygens (including phenoxy) is 2. The van der Waals surface area contributed by atoms with E-state index in [9.17, 15) is 9.18 Å². The predicted octanol–water partition coefficient (Wildman–Crippen LogP) is 2.17. The number of nitrogen functional groups attached to an aromatic ring is 1. The molecule has 6 nitrogen and oxygen atoms in total.